The summed E-state index contributed by atoms with van der Waals surface area (Å²) in [6.07, 6.45) is 6.10. The smallest absolute Gasteiger partial charge is 0.308 e. The van der Waals surface area contributed by atoms with Gasteiger partial charge in [0, 0.05) is 19.0 Å². The molecule has 0 bridgehead atoms. The van der Waals surface area contributed by atoms with E-state index in [1.807, 2.05) is 0 Å². The van der Waals surface area contributed by atoms with Crippen LogP contribution in [-0.4, -0.2) is 35.0 Å². The van der Waals surface area contributed by atoms with Gasteiger partial charge in [0.05, 0.1) is 5.92 Å². The summed E-state index contributed by atoms with van der Waals surface area (Å²) in [5, 5.41) is 9.01. The van der Waals surface area contributed by atoms with Crippen LogP contribution in [0.2, 0.25) is 0 Å². The fraction of sp³-hybridized carbons (Fsp3) is 0.571. The first-order chi connectivity index (χ1) is 8.60. The molecule has 0 unspecified atom stereocenters. The second kappa shape index (κ2) is 6.99. The van der Waals surface area contributed by atoms with Gasteiger partial charge in [-0.25, -0.2) is 0 Å². The normalized spacial score (nSPS) is 19.6. The molecule has 1 heterocycles. The first kappa shape index (κ1) is 14.5. The quantitative estimate of drug-likeness (QED) is 0.735. The van der Waals surface area contributed by atoms with Crippen LogP contribution in [0.1, 0.15) is 25.7 Å². The molecule has 18 heavy (non-hydrogen) atoms. The predicted molar refractivity (Wildman–Crippen MR) is 70.1 cm³/mol. The number of aliphatic carboxylic acids is 1. The predicted octanol–water partition coefficient (Wildman–Crippen LogP) is 2.08. The molecular weight excluding hydrogens is 230 g/mol. The van der Waals surface area contributed by atoms with Crippen LogP contribution < -0.4 is 0 Å². The third-order valence-electron chi connectivity index (χ3n) is 3.33. The van der Waals surface area contributed by atoms with E-state index < -0.39 is 11.9 Å². The topological polar surface area (TPSA) is 57.6 Å². The van der Waals surface area contributed by atoms with Crippen molar-refractivity contribution in [3.05, 3.63) is 25.3 Å². The molecule has 1 rings (SSSR count). The maximum absolute atomic E-state index is 12.3. The lowest BCUT2D eigenvalue weighted by Gasteiger charge is -2.33. The number of allylic oxidation sites excluding steroid dienone is 2. The Balaban J connectivity index is 2.65. The van der Waals surface area contributed by atoms with Gasteiger partial charge in [0.15, 0.2) is 0 Å². The molecular formula is C14H21NO3. The van der Waals surface area contributed by atoms with Crippen molar-refractivity contribution >= 4 is 11.9 Å². The zero-order valence-electron chi connectivity index (χ0n) is 10.7. The third-order valence-corrected chi connectivity index (χ3v) is 3.33. The summed E-state index contributed by atoms with van der Waals surface area (Å²) in [6, 6.07) is 0. The summed E-state index contributed by atoms with van der Waals surface area (Å²) in [4.78, 5) is 24.9. The van der Waals surface area contributed by atoms with Crippen LogP contribution in [-0.2, 0) is 9.59 Å². The molecule has 0 spiro atoms. The molecule has 0 aromatic carbocycles. The van der Waals surface area contributed by atoms with Gasteiger partial charge in [0.2, 0.25) is 5.91 Å². The molecule has 1 aliphatic heterocycles. The summed E-state index contributed by atoms with van der Waals surface area (Å²) in [6.45, 7) is 8.30. The first-order valence-electron chi connectivity index (χ1n) is 6.33. The van der Waals surface area contributed by atoms with Gasteiger partial charge in [-0.3, -0.25) is 9.59 Å². The van der Waals surface area contributed by atoms with E-state index in [2.05, 4.69) is 13.2 Å². The van der Waals surface area contributed by atoms with Crippen molar-refractivity contribution in [3.63, 3.8) is 0 Å². The lowest BCUT2D eigenvalue weighted by Crippen LogP contribution is -2.44. The average Bonchev–Trinajstić information content (AvgIpc) is 2.38. The van der Waals surface area contributed by atoms with E-state index in [9.17, 15) is 9.59 Å². The van der Waals surface area contributed by atoms with Crippen molar-refractivity contribution in [2.24, 2.45) is 11.8 Å². The van der Waals surface area contributed by atoms with E-state index in [0.29, 0.717) is 32.4 Å². The number of carbonyl (C=O) groups excluding carboxylic acids is 1. The minimum absolute atomic E-state index is 0.0285. The molecule has 1 fully saturated rings. The Labute approximate surface area is 108 Å². The van der Waals surface area contributed by atoms with Gasteiger partial charge in [-0.1, -0.05) is 12.2 Å². The van der Waals surface area contributed by atoms with Gasteiger partial charge in [-0.2, -0.15) is 0 Å². The molecule has 0 radical (unpaired) electrons. The van der Waals surface area contributed by atoms with E-state index >= 15 is 0 Å². The Bertz CT molecular complexity index is 328. The minimum Gasteiger partial charge on any atom is -0.481 e. The molecule has 4 nitrogen and oxygen atoms in total. The van der Waals surface area contributed by atoms with Gasteiger partial charge in [-0.15, -0.1) is 13.2 Å². The summed E-state index contributed by atoms with van der Waals surface area (Å²) in [7, 11) is 0. The molecule has 1 atom stereocenters. The van der Waals surface area contributed by atoms with Crippen molar-refractivity contribution < 1.29 is 14.7 Å². The van der Waals surface area contributed by atoms with Gasteiger partial charge in [-0.05, 0) is 25.7 Å². The highest BCUT2D eigenvalue weighted by molar-refractivity contribution is 5.80. The van der Waals surface area contributed by atoms with Crippen molar-refractivity contribution in [1.82, 2.24) is 4.90 Å². The maximum Gasteiger partial charge on any atom is 0.308 e. The van der Waals surface area contributed by atoms with E-state index in [0.717, 1.165) is 6.42 Å². The Morgan fingerprint density at radius 3 is 2.44 bits per heavy atom. The van der Waals surface area contributed by atoms with E-state index in [-0.39, 0.29) is 11.8 Å². The highest BCUT2D eigenvalue weighted by atomic mass is 16.4. The molecule has 0 saturated carbocycles. The van der Waals surface area contributed by atoms with E-state index in [1.54, 1.807) is 17.1 Å². The summed E-state index contributed by atoms with van der Waals surface area (Å²) in [5.41, 5.74) is 0. The summed E-state index contributed by atoms with van der Waals surface area (Å²) < 4.78 is 0. The van der Waals surface area contributed by atoms with Gasteiger partial charge in [0.1, 0.15) is 0 Å². The Hall–Kier alpha value is -1.58. The molecule has 1 saturated heterocycles. The van der Waals surface area contributed by atoms with Crippen LogP contribution in [0.25, 0.3) is 0 Å². The molecule has 0 aromatic heterocycles. The number of carboxylic acid groups (broad SMARTS) is 1. The molecule has 1 N–H and O–H groups in total. The summed E-state index contributed by atoms with van der Waals surface area (Å²) >= 11 is 0. The number of nitrogens with zero attached hydrogens (tertiary/aromatic N) is 1. The van der Waals surface area contributed by atoms with Crippen LogP contribution in [0, 0.1) is 11.8 Å². The zero-order valence-corrected chi connectivity index (χ0v) is 10.7. The largest absolute Gasteiger partial charge is 0.481 e. The minimum atomic E-state index is -0.809. The SMILES string of the molecule is C=CCC(CC=C)C(=O)N1CCC[C@H](C(=O)O)C1. The first-order valence-corrected chi connectivity index (χ1v) is 6.33. The number of carboxylic acids is 1. The average molecular weight is 251 g/mol. The fourth-order valence-electron chi connectivity index (χ4n) is 2.34. The number of hydrogen-bond acceptors (Lipinski definition) is 2. The van der Waals surface area contributed by atoms with Crippen LogP contribution in [0.4, 0.5) is 0 Å². The number of rotatable bonds is 6. The fourth-order valence-corrected chi connectivity index (χ4v) is 2.34. The Morgan fingerprint density at radius 2 is 1.94 bits per heavy atom. The highest BCUT2D eigenvalue weighted by Gasteiger charge is 2.30. The van der Waals surface area contributed by atoms with Gasteiger partial charge < -0.3 is 10.0 Å². The van der Waals surface area contributed by atoms with Gasteiger partial charge in [0.25, 0.3) is 0 Å². The Kier molecular flexibility index (Phi) is 5.62. The van der Waals surface area contributed by atoms with Gasteiger partial charge >= 0.3 is 5.97 Å². The van der Waals surface area contributed by atoms with E-state index in [4.69, 9.17) is 5.11 Å². The lowest BCUT2D eigenvalue weighted by molar-refractivity contribution is -0.146. The molecule has 100 valence electrons. The van der Waals surface area contributed by atoms with Crippen molar-refractivity contribution in [2.45, 2.75) is 25.7 Å². The lowest BCUT2D eigenvalue weighted by atomic mass is 9.94. The molecule has 0 aliphatic carbocycles. The second-order valence-electron chi connectivity index (χ2n) is 4.71. The van der Waals surface area contributed by atoms with Crippen molar-refractivity contribution in [1.29, 1.82) is 0 Å². The highest BCUT2D eigenvalue weighted by Crippen LogP contribution is 2.21. The molecule has 4 heteroatoms. The monoisotopic (exact) mass is 251 g/mol. The van der Waals surface area contributed by atoms with Crippen molar-refractivity contribution in [2.75, 3.05) is 13.1 Å². The zero-order chi connectivity index (χ0) is 13.5. The number of likely N-dealkylation sites (tertiary alicyclic amines) is 1. The second-order valence-corrected chi connectivity index (χ2v) is 4.71. The van der Waals surface area contributed by atoms with Crippen LogP contribution in [0.5, 0.6) is 0 Å². The number of piperidine rings is 1. The van der Waals surface area contributed by atoms with Crippen LogP contribution in [0.3, 0.4) is 0 Å². The number of hydrogen-bond donors (Lipinski definition) is 1. The standard InChI is InChI=1S/C14H21NO3/c1-3-6-11(7-4-2)13(16)15-9-5-8-12(10-15)14(17)18/h3-4,11-12H,1-2,5-10H2,(H,17,18)/t12-/m0/s1. The number of carbonyl (C=O) groups is 2. The van der Waals surface area contributed by atoms with Crippen LogP contribution >= 0.6 is 0 Å². The third kappa shape index (κ3) is 3.72. The molecule has 1 aliphatic rings. The van der Waals surface area contributed by atoms with E-state index in [1.165, 1.54) is 0 Å². The van der Waals surface area contributed by atoms with Crippen molar-refractivity contribution in [3.8, 4) is 0 Å². The Morgan fingerprint density at radius 1 is 1.33 bits per heavy atom. The maximum atomic E-state index is 12.3. The molecule has 1 amide bonds. The van der Waals surface area contributed by atoms with Crippen LogP contribution in [0.15, 0.2) is 25.3 Å². The molecule has 0 aromatic rings. The summed E-state index contributed by atoms with van der Waals surface area (Å²) in [5.74, 6) is -1.35. The number of amides is 1.